The second-order valence-corrected chi connectivity index (χ2v) is 3.49. The summed E-state index contributed by atoms with van der Waals surface area (Å²) in [5.74, 6) is -3.12. The van der Waals surface area contributed by atoms with Gasteiger partial charge in [0.15, 0.2) is 6.10 Å². The molecule has 0 aromatic heterocycles. The first-order valence-electron chi connectivity index (χ1n) is 6.07. The Morgan fingerprint density at radius 2 is 1.48 bits per heavy atom. The first-order valence-corrected chi connectivity index (χ1v) is 6.07. The Labute approximate surface area is 120 Å². The van der Waals surface area contributed by atoms with E-state index in [1.807, 2.05) is 0 Å². The van der Waals surface area contributed by atoms with Gasteiger partial charge in [0.25, 0.3) is 5.78 Å². The highest BCUT2D eigenvalue weighted by Crippen LogP contribution is 1.99. The van der Waals surface area contributed by atoms with Crippen molar-refractivity contribution in [1.29, 1.82) is 0 Å². The Kier molecular flexibility index (Phi) is 10.9. The number of aliphatic hydroxyl groups excluding tert-OH is 3. The van der Waals surface area contributed by atoms with Crippen LogP contribution in [0.3, 0.4) is 0 Å². The molecule has 0 heterocycles. The SMILES string of the molecule is O=C(/C=C\C(OCCO)C(=O)OCCO)C(=O)OCCO. The summed E-state index contributed by atoms with van der Waals surface area (Å²) in [5, 5.41) is 25.6. The summed E-state index contributed by atoms with van der Waals surface area (Å²) in [6.07, 6.45) is 0.429. The molecule has 21 heavy (non-hydrogen) atoms. The molecule has 0 rings (SSSR count). The number of carbonyl (C=O) groups is 3. The standard InChI is InChI=1S/C12H18O9/c13-3-6-19-10(12(18)21-8-5-15)2-1-9(16)11(17)20-7-4-14/h1-2,10,13-15H,3-8H2/b2-1-. The van der Waals surface area contributed by atoms with Gasteiger partial charge in [-0.15, -0.1) is 0 Å². The third-order valence-electron chi connectivity index (χ3n) is 1.90. The zero-order chi connectivity index (χ0) is 16.1. The fraction of sp³-hybridized carbons (Fsp3) is 0.583. The lowest BCUT2D eigenvalue weighted by molar-refractivity contribution is -0.155. The molecule has 1 unspecified atom stereocenters. The van der Waals surface area contributed by atoms with Crippen LogP contribution >= 0.6 is 0 Å². The van der Waals surface area contributed by atoms with Crippen LogP contribution < -0.4 is 0 Å². The maximum atomic E-state index is 11.5. The number of ether oxygens (including phenoxy) is 3. The molecule has 0 radical (unpaired) electrons. The van der Waals surface area contributed by atoms with E-state index >= 15 is 0 Å². The van der Waals surface area contributed by atoms with Crippen molar-refractivity contribution >= 4 is 17.7 Å². The number of aliphatic hydroxyl groups is 3. The van der Waals surface area contributed by atoms with Crippen LogP contribution in [0.2, 0.25) is 0 Å². The molecule has 120 valence electrons. The average Bonchev–Trinajstić information content (AvgIpc) is 2.49. The van der Waals surface area contributed by atoms with E-state index in [0.29, 0.717) is 0 Å². The minimum Gasteiger partial charge on any atom is -0.461 e. The molecule has 0 aliphatic carbocycles. The smallest absolute Gasteiger partial charge is 0.379 e. The second-order valence-electron chi connectivity index (χ2n) is 3.49. The molecule has 0 aliphatic heterocycles. The van der Waals surface area contributed by atoms with Crippen molar-refractivity contribution in [3.63, 3.8) is 0 Å². The third-order valence-corrected chi connectivity index (χ3v) is 1.90. The first-order chi connectivity index (χ1) is 10.1. The Hall–Kier alpha value is -1.81. The van der Waals surface area contributed by atoms with Crippen LogP contribution in [0.5, 0.6) is 0 Å². The van der Waals surface area contributed by atoms with E-state index in [1.165, 1.54) is 0 Å². The fourth-order valence-corrected chi connectivity index (χ4v) is 1.06. The Bertz CT molecular complexity index is 364. The van der Waals surface area contributed by atoms with Gasteiger partial charge in [-0.05, 0) is 12.2 Å². The van der Waals surface area contributed by atoms with Crippen molar-refractivity contribution < 1.29 is 43.9 Å². The van der Waals surface area contributed by atoms with Crippen LogP contribution in [0, 0.1) is 0 Å². The Balaban J connectivity index is 4.55. The van der Waals surface area contributed by atoms with Crippen LogP contribution in [-0.4, -0.2) is 78.8 Å². The molecular formula is C12H18O9. The lowest BCUT2D eigenvalue weighted by atomic mass is 10.2. The van der Waals surface area contributed by atoms with E-state index in [4.69, 9.17) is 20.1 Å². The summed E-state index contributed by atoms with van der Waals surface area (Å²) in [5.41, 5.74) is 0. The maximum absolute atomic E-state index is 11.5. The molecule has 0 amide bonds. The minimum atomic E-state index is -1.31. The van der Waals surface area contributed by atoms with Gasteiger partial charge in [-0.1, -0.05) is 0 Å². The van der Waals surface area contributed by atoms with Gasteiger partial charge in [0.05, 0.1) is 26.4 Å². The molecule has 0 aromatic rings. The largest absolute Gasteiger partial charge is 0.461 e. The van der Waals surface area contributed by atoms with E-state index in [0.717, 1.165) is 12.2 Å². The zero-order valence-electron chi connectivity index (χ0n) is 11.3. The Morgan fingerprint density at radius 1 is 0.905 bits per heavy atom. The number of rotatable bonds is 11. The van der Waals surface area contributed by atoms with Crippen molar-refractivity contribution in [1.82, 2.24) is 0 Å². The molecule has 0 spiro atoms. The van der Waals surface area contributed by atoms with Gasteiger partial charge in [0.1, 0.15) is 13.2 Å². The highest BCUT2D eigenvalue weighted by molar-refractivity contribution is 6.38. The van der Waals surface area contributed by atoms with Crippen molar-refractivity contribution in [2.75, 3.05) is 39.6 Å². The molecule has 0 fully saturated rings. The third kappa shape index (κ3) is 8.87. The van der Waals surface area contributed by atoms with Crippen molar-refractivity contribution in [2.24, 2.45) is 0 Å². The summed E-state index contributed by atoms with van der Waals surface area (Å²) >= 11 is 0. The highest BCUT2D eigenvalue weighted by Gasteiger charge is 2.19. The second kappa shape index (κ2) is 12.0. The molecular weight excluding hydrogens is 288 g/mol. The average molecular weight is 306 g/mol. The van der Waals surface area contributed by atoms with Crippen molar-refractivity contribution in [3.05, 3.63) is 12.2 Å². The van der Waals surface area contributed by atoms with Crippen LogP contribution in [0.1, 0.15) is 0 Å². The summed E-state index contributed by atoms with van der Waals surface area (Å²) < 4.78 is 13.9. The lowest BCUT2D eigenvalue weighted by Gasteiger charge is -2.12. The molecule has 1 atom stereocenters. The van der Waals surface area contributed by atoms with E-state index in [1.54, 1.807) is 0 Å². The van der Waals surface area contributed by atoms with Gasteiger partial charge in [0.2, 0.25) is 0 Å². The van der Waals surface area contributed by atoms with Gasteiger partial charge < -0.3 is 29.5 Å². The monoisotopic (exact) mass is 306 g/mol. The zero-order valence-corrected chi connectivity index (χ0v) is 11.3. The van der Waals surface area contributed by atoms with Crippen LogP contribution in [-0.2, 0) is 28.6 Å². The summed E-state index contributed by atoms with van der Waals surface area (Å²) in [4.78, 5) is 33.9. The van der Waals surface area contributed by atoms with Gasteiger partial charge in [0, 0.05) is 0 Å². The molecule has 9 heteroatoms. The van der Waals surface area contributed by atoms with Crippen LogP contribution in [0.15, 0.2) is 12.2 Å². The normalized spacial score (nSPS) is 12.1. The number of hydrogen-bond donors (Lipinski definition) is 3. The quantitative estimate of drug-likeness (QED) is 0.216. The van der Waals surface area contributed by atoms with Gasteiger partial charge in [-0.2, -0.15) is 0 Å². The number of hydrogen-bond acceptors (Lipinski definition) is 9. The Morgan fingerprint density at radius 3 is 2.05 bits per heavy atom. The summed E-state index contributed by atoms with van der Waals surface area (Å²) in [6, 6.07) is 0. The lowest BCUT2D eigenvalue weighted by Crippen LogP contribution is -2.27. The van der Waals surface area contributed by atoms with Crippen LogP contribution in [0.25, 0.3) is 0 Å². The van der Waals surface area contributed by atoms with Crippen molar-refractivity contribution in [3.8, 4) is 0 Å². The van der Waals surface area contributed by atoms with Gasteiger partial charge in [-0.3, -0.25) is 4.79 Å². The molecule has 0 aliphatic rings. The van der Waals surface area contributed by atoms with E-state index in [9.17, 15) is 14.4 Å². The van der Waals surface area contributed by atoms with E-state index < -0.39 is 30.4 Å². The molecule has 3 N–H and O–H groups in total. The summed E-state index contributed by atoms with van der Waals surface area (Å²) in [6.45, 7) is -1.91. The topological polar surface area (TPSA) is 140 Å². The fourth-order valence-electron chi connectivity index (χ4n) is 1.06. The first kappa shape index (κ1) is 19.2. The number of ketones is 1. The van der Waals surface area contributed by atoms with Crippen LogP contribution in [0.4, 0.5) is 0 Å². The molecule has 0 bridgehead atoms. The van der Waals surface area contributed by atoms with Gasteiger partial charge in [-0.25, -0.2) is 9.59 Å². The molecule has 0 saturated heterocycles. The van der Waals surface area contributed by atoms with Crippen molar-refractivity contribution in [2.45, 2.75) is 6.10 Å². The number of esters is 2. The number of carbonyl (C=O) groups excluding carboxylic acids is 3. The predicted octanol–water partition coefficient (Wildman–Crippen LogP) is -2.44. The predicted molar refractivity (Wildman–Crippen MR) is 67.1 cm³/mol. The highest BCUT2D eigenvalue weighted by atomic mass is 16.6. The minimum absolute atomic E-state index is 0.188. The van der Waals surface area contributed by atoms with E-state index in [2.05, 4.69) is 9.47 Å². The van der Waals surface area contributed by atoms with E-state index in [-0.39, 0.29) is 33.0 Å². The molecule has 0 saturated carbocycles. The summed E-state index contributed by atoms with van der Waals surface area (Å²) in [7, 11) is 0. The van der Waals surface area contributed by atoms with Gasteiger partial charge >= 0.3 is 11.9 Å². The molecule has 0 aromatic carbocycles. The molecule has 9 nitrogen and oxygen atoms in total. The maximum Gasteiger partial charge on any atom is 0.379 e.